The third-order valence-corrected chi connectivity index (χ3v) is 5.05. The second-order valence-corrected chi connectivity index (χ2v) is 7.02. The predicted molar refractivity (Wildman–Crippen MR) is 104 cm³/mol. The van der Waals surface area contributed by atoms with Gasteiger partial charge in [0.25, 0.3) is 5.91 Å². The van der Waals surface area contributed by atoms with Gasteiger partial charge in [0, 0.05) is 24.4 Å². The number of ether oxygens (including phenoxy) is 1. The smallest absolute Gasteiger partial charge is 0.276 e. The molecule has 1 fully saturated rings. The first-order valence-electron chi connectivity index (χ1n) is 9.43. The van der Waals surface area contributed by atoms with Crippen LogP contribution in [0.5, 0.6) is 0 Å². The van der Waals surface area contributed by atoms with Gasteiger partial charge in [0.15, 0.2) is 5.69 Å². The molecule has 1 aliphatic heterocycles. The quantitative estimate of drug-likeness (QED) is 0.536. The molecular formula is C21H19N5O3. The van der Waals surface area contributed by atoms with E-state index in [1.54, 1.807) is 22.4 Å². The standard InChI is InChI=1S/C21H19N5O3/c1-14-11-17(23-29-14)21(27)25-9-10-28-19(13-25)20-18-8-7-16(12-26(18)24-22-20)15-5-3-2-4-6-15/h2-8,11-12,19H,9-10,13H2,1H3. The van der Waals surface area contributed by atoms with Gasteiger partial charge in [-0.2, -0.15) is 0 Å². The number of benzene rings is 1. The lowest BCUT2D eigenvalue weighted by Gasteiger charge is -2.31. The van der Waals surface area contributed by atoms with E-state index in [4.69, 9.17) is 9.26 Å². The van der Waals surface area contributed by atoms with E-state index in [0.717, 1.165) is 22.3 Å². The number of fused-ring (bicyclic) bond motifs is 1. The summed E-state index contributed by atoms with van der Waals surface area (Å²) >= 11 is 0. The highest BCUT2D eigenvalue weighted by Gasteiger charge is 2.30. The van der Waals surface area contributed by atoms with E-state index in [9.17, 15) is 4.79 Å². The van der Waals surface area contributed by atoms with Crippen LogP contribution in [0.3, 0.4) is 0 Å². The maximum atomic E-state index is 12.7. The van der Waals surface area contributed by atoms with Crippen molar-refractivity contribution in [3.05, 3.63) is 71.9 Å². The maximum absolute atomic E-state index is 12.7. The van der Waals surface area contributed by atoms with Gasteiger partial charge in [-0.25, -0.2) is 4.52 Å². The van der Waals surface area contributed by atoms with E-state index in [0.29, 0.717) is 31.2 Å². The van der Waals surface area contributed by atoms with Crippen molar-refractivity contribution in [1.82, 2.24) is 24.9 Å². The number of pyridine rings is 1. The molecule has 4 aromatic rings. The van der Waals surface area contributed by atoms with E-state index >= 15 is 0 Å². The summed E-state index contributed by atoms with van der Waals surface area (Å²) in [5.41, 5.74) is 4.06. The SMILES string of the molecule is Cc1cc(C(=O)N2CCOC(c3nnn4cc(-c5ccccc5)ccc34)C2)no1. The number of aromatic nitrogens is 4. The summed E-state index contributed by atoms with van der Waals surface area (Å²) in [5.74, 6) is 0.440. The molecule has 1 atom stereocenters. The zero-order valence-electron chi connectivity index (χ0n) is 15.9. The Morgan fingerprint density at radius 2 is 2.00 bits per heavy atom. The molecule has 1 unspecified atom stereocenters. The summed E-state index contributed by atoms with van der Waals surface area (Å²) in [6.45, 7) is 3.07. The van der Waals surface area contributed by atoms with E-state index < -0.39 is 0 Å². The molecule has 0 radical (unpaired) electrons. The molecule has 1 aromatic carbocycles. The summed E-state index contributed by atoms with van der Waals surface area (Å²) in [5, 5.41) is 12.4. The highest BCUT2D eigenvalue weighted by molar-refractivity contribution is 5.92. The normalized spacial score (nSPS) is 17.0. The fourth-order valence-corrected chi connectivity index (χ4v) is 3.57. The number of carbonyl (C=O) groups is 1. The van der Waals surface area contributed by atoms with Crippen molar-refractivity contribution in [2.45, 2.75) is 13.0 Å². The minimum absolute atomic E-state index is 0.169. The number of morpholine rings is 1. The van der Waals surface area contributed by atoms with E-state index in [2.05, 4.69) is 27.6 Å². The van der Waals surface area contributed by atoms with Crippen molar-refractivity contribution in [3.63, 3.8) is 0 Å². The Morgan fingerprint density at radius 3 is 2.79 bits per heavy atom. The Bertz CT molecular complexity index is 1170. The Kier molecular flexibility index (Phi) is 4.33. The van der Waals surface area contributed by atoms with Crippen LogP contribution in [0.15, 0.2) is 59.3 Å². The molecular weight excluding hydrogens is 370 g/mol. The zero-order valence-corrected chi connectivity index (χ0v) is 15.9. The molecule has 3 aromatic heterocycles. The Hall–Kier alpha value is -3.52. The summed E-state index contributed by atoms with van der Waals surface area (Å²) in [4.78, 5) is 14.4. The Labute approximate surface area is 166 Å². The van der Waals surface area contributed by atoms with Crippen molar-refractivity contribution < 1.29 is 14.1 Å². The molecule has 0 N–H and O–H groups in total. The van der Waals surface area contributed by atoms with Gasteiger partial charge in [-0.3, -0.25) is 4.79 Å². The number of rotatable bonds is 3. The Balaban J connectivity index is 1.41. The number of nitrogens with zero attached hydrogens (tertiary/aromatic N) is 5. The van der Waals surface area contributed by atoms with Crippen molar-refractivity contribution in [2.75, 3.05) is 19.7 Å². The molecule has 5 rings (SSSR count). The first-order valence-corrected chi connectivity index (χ1v) is 9.43. The third-order valence-electron chi connectivity index (χ3n) is 5.05. The molecule has 8 nitrogen and oxygen atoms in total. The first-order chi connectivity index (χ1) is 14.2. The lowest BCUT2D eigenvalue weighted by molar-refractivity contribution is -0.0244. The minimum Gasteiger partial charge on any atom is -0.368 e. The second kappa shape index (κ2) is 7.14. The lowest BCUT2D eigenvalue weighted by Crippen LogP contribution is -2.42. The highest BCUT2D eigenvalue weighted by Crippen LogP contribution is 2.27. The van der Waals surface area contributed by atoms with Crippen LogP contribution in [0.2, 0.25) is 0 Å². The molecule has 146 valence electrons. The van der Waals surface area contributed by atoms with E-state index in [1.165, 1.54) is 0 Å². The largest absolute Gasteiger partial charge is 0.368 e. The summed E-state index contributed by atoms with van der Waals surface area (Å²) in [7, 11) is 0. The topological polar surface area (TPSA) is 85.8 Å². The van der Waals surface area contributed by atoms with Gasteiger partial charge in [0.1, 0.15) is 17.6 Å². The number of carbonyl (C=O) groups excluding carboxylic acids is 1. The second-order valence-electron chi connectivity index (χ2n) is 7.02. The highest BCUT2D eigenvalue weighted by atomic mass is 16.5. The fourth-order valence-electron chi connectivity index (χ4n) is 3.57. The van der Waals surface area contributed by atoms with E-state index in [-0.39, 0.29) is 12.0 Å². The van der Waals surface area contributed by atoms with Gasteiger partial charge in [-0.15, -0.1) is 5.10 Å². The number of hydrogen-bond acceptors (Lipinski definition) is 6. The zero-order chi connectivity index (χ0) is 19.8. The van der Waals surface area contributed by atoms with Crippen LogP contribution < -0.4 is 0 Å². The number of amides is 1. The summed E-state index contributed by atoms with van der Waals surface area (Å²) in [6.07, 6.45) is 1.60. The molecule has 29 heavy (non-hydrogen) atoms. The van der Waals surface area contributed by atoms with Gasteiger partial charge in [0.2, 0.25) is 0 Å². The molecule has 0 aliphatic carbocycles. The van der Waals surface area contributed by atoms with Crippen LogP contribution in [-0.2, 0) is 4.74 Å². The molecule has 0 bridgehead atoms. The monoisotopic (exact) mass is 389 g/mol. The van der Waals surface area contributed by atoms with Crippen molar-refractivity contribution >= 4 is 11.4 Å². The van der Waals surface area contributed by atoms with Crippen LogP contribution >= 0.6 is 0 Å². The van der Waals surface area contributed by atoms with Crippen LogP contribution in [0.25, 0.3) is 16.6 Å². The van der Waals surface area contributed by atoms with Gasteiger partial charge < -0.3 is 14.2 Å². The maximum Gasteiger partial charge on any atom is 0.276 e. The van der Waals surface area contributed by atoms with Crippen molar-refractivity contribution in [2.24, 2.45) is 0 Å². The van der Waals surface area contributed by atoms with Crippen LogP contribution in [0, 0.1) is 6.92 Å². The predicted octanol–water partition coefficient (Wildman–Crippen LogP) is 2.91. The number of hydrogen-bond donors (Lipinski definition) is 0. The van der Waals surface area contributed by atoms with Crippen LogP contribution in [0.1, 0.15) is 28.0 Å². The minimum atomic E-state index is -0.347. The molecule has 1 amide bonds. The lowest BCUT2D eigenvalue weighted by atomic mass is 10.1. The average molecular weight is 389 g/mol. The van der Waals surface area contributed by atoms with Crippen molar-refractivity contribution in [3.8, 4) is 11.1 Å². The summed E-state index contributed by atoms with van der Waals surface area (Å²) < 4.78 is 12.7. The first kappa shape index (κ1) is 17.6. The average Bonchev–Trinajstić information content (AvgIpc) is 3.39. The molecule has 0 spiro atoms. The molecule has 8 heteroatoms. The molecule has 1 saturated heterocycles. The third kappa shape index (κ3) is 3.27. The summed E-state index contributed by atoms with van der Waals surface area (Å²) in [6, 6.07) is 15.8. The fraction of sp³-hybridized carbons (Fsp3) is 0.238. The molecule has 4 heterocycles. The van der Waals surface area contributed by atoms with Gasteiger partial charge in [0.05, 0.1) is 18.7 Å². The number of aryl methyl sites for hydroxylation is 1. The van der Waals surface area contributed by atoms with Crippen LogP contribution in [-0.4, -0.2) is 50.5 Å². The molecule has 0 saturated carbocycles. The van der Waals surface area contributed by atoms with Gasteiger partial charge >= 0.3 is 0 Å². The van der Waals surface area contributed by atoms with Crippen LogP contribution in [0.4, 0.5) is 0 Å². The van der Waals surface area contributed by atoms with E-state index in [1.807, 2.05) is 36.5 Å². The van der Waals surface area contributed by atoms with Gasteiger partial charge in [-0.05, 0) is 18.6 Å². The molecule has 1 aliphatic rings. The Morgan fingerprint density at radius 1 is 1.14 bits per heavy atom. The van der Waals surface area contributed by atoms with Gasteiger partial charge in [-0.1, -0.05) is 46.8 Å². The van der Waals surface area contributed by atoms with Crippen molar-refractivity contribution in [1.29, 1.82) is 0 Å².